The molecule has 1 aromatic rings. The Morgan fingerprint density at radius 2 is 2.18 bits per heavy atom. The highest BCUT2D eigenvalue weighted by Gasteiger charge is 2.08. The van der Waals surface area contributed by atoms with E-state index in [1.165, 1.54) is 17.7 Å². The number of anilines is 1. The van der Waals surface area contributed by atoms with E-state index >= 15 is 0 Å². The van der Waals surface area contributed by atoms with Crippen LogP contribution in [0.2, 0.25) is 0 Å². The number of hydrogen-bond acceptors (Lipinski definition) is 3. The van der Waals surface area contributed by atoms with Gasteiger partial charge in [-0.05, 0) is 13.0 Å². The molecule has 3 heteroatoms. The molecule has 1 aromatic carbocycles. The van der Waals surface area contributed by atoms with E-state index in [1.807, 2.05) is 19.1 Å². The standard InChI is InChI=1S/C8H8N2S/c1-6-7-4-2-3-5-8(7)10-11-9-6/h2-5,10H,1H3. The van der Waals surface area contributed by atoms with E-state index in [4.69, 9.17) is 0 Å². The largest absolute Gasteiger partial charge is 0.310 e. The molecule has 0 unspecified atom stereocenters. The van der Waals surface area contributed by atoms with Gasteiger partial charge in [0.05, 0.1) is 23.5 Å². The molecule has 0 saturated heterocycles. The Kier molecular flexibility index (Phi) is 1.58. The molecule has 0 aliphatic carbocycles. The second-order valence-corrected chi connectivity index (χ2v) is 2.98. The third-order valence-electron chi connectivity index (χ3n) is 1.66. The Morgan fingerprint density at radius 1 is 1.36 bits per heavy atom. The van der Waals surface area contributed by atoms with Crippen LogP contribution in [0, 0.1) is 0 Å². The van der Waals surface area contributed by atoms with Gasteiger partial charge in [-0.2, -0.15) is 4.40 Å². The monoisotopic (exact) mass is 164 g/mol. The SMILES string of the molecule is CC1=NSNc2ccccc21. The maximum Gasteiger partial charge on any atom is 0.0904 e. The molecule has 0 radical (unpaired) electrons. The molecule has 1 aliphatic heterocycles. The van der Waals surface area contributed by atoms with E-state index in [2.05, 4.69) is 21.3 Å². The highest BCUT2D eigenvalue weighted by atomic mass is 32.2. The fourth-order valence-corrected chi connectivity index (χ4v) is 1.63. The molecule has 1 N–H and O–H groups in total. The van der Waals surface area contributed by atoms with Crippen LogP contribution in [0.1, 0.15) is 12.5 Å². The van der Waals surface area contributed by atoms with Gasteiger partial charge in [-0.25, -0.2) is 0 Å². The first kappa shape index (κ1) is 6.73. The molecular formula is C8H8N2S. The van der Waals surface area contributed by atoms with Crippen LogP contribution in [0.3, 0.4) is 0 Å². The van der Waals surface area contributed by atoms with Crippen LogP contribution in [0.15, 0.2) is 28.7 Å². The minimum Gasteiger partial charge on any atom is -0.310 e. The fraction of sp³-hybridized carbons (Fsp3) is 0.125. The lowest BCUT2D eigenvalue weighted by molar-refractivity contribution is 1.56. The molecule has 2 rings (SSSR count). The van der Waals surface area contributed by atoms with Gasteiger partial charge in [0.25, 0.3) is 0 Å². The normalized spacial score (nSPS) is 14.8. The van der Waals surface area contributed by atoms with Crippen molar-refractivity contribution in [3.63, 3.8) is 0 Å². The van der Waals surface area contributed by atoms with Crippen LogP contribution < -0.4 is 4.72 Å². The Hall–Kier alpha value is -0.960. The predicted molar refractivity (Wildman–Crippen MR) is 49.9 cm³/mol. The van der Waals surface area contributed by atoms with Crippen molar-refractivity contribution in [1.29, 1.82) is 0 Å². The number of para-hydroxylation sites is 1. The molecule has 1 heterocycles. The quantitative estimate of drug-likeness (QED) is 0.596. The fourth-order valence-electron chi connectivity index (χ4n) is 1.08. The summed E-state index contributed by atoms with van der Waals surface area (Å²) < 4.78 is 7.32. The zero-order chi connectivity index (χ0) is 7.68. The van der Waals surface area contributed by atoms with Crippen molar-refractivity contribution in [1.82, 2.24) is 0 Å². The van der Waals surface area contributed by atoms with Crippen LogP contribution in [0.25, 0.3) is 0 Å². The minimum absolute atomic E-state index is 1.09. The molecule has 56 valence electrons. The predicted octanol–water partition coefficient (Wildman–Crippen LogP) is 2.48. The molecule has 0 amide bonds. The molecule has 2 nitrogen and oxygen atoms in total. The maximum absolute atomic E-state index is 4.19. The number of rotatable bonds is 0. The van der Waals surface area contributed by atoms with Crippen LogP contribution in [0.4, 0.5) is 5.69 Å². The summed E-state index contributed by atoms with van der Waals surface area (Å²) in [7, 11) is 0. The third-order valence-corrected chi connectivity index (χ3v) is 2.33. The summed E-state index contributed by atoms with van der Waals surface area (Å²) in [6.45, 7) is 2.02. The average Bonchev–Trinajstić information content (AvgIpc) is 2.06. The molecule has 11 heavy (non-hydrogen) atoms. The average molecular weight is 164 g/mol. The molecule has 0 fully saturated rings. The van der Waals surface area contributed by atoms with Crippen LogP contribution in [0.5, 0.6) is 0 Å². The van der Waals surface area contributed by atoms with Crippen LogP contribution in [-0.4, -0.2) is 5.71 Å². The number of nitrogens with one attached hydrogen (secondary N) is 1. The summed E-state index contributed by atoms with van der Waals surface area (Å²) in [6, 6.07) is 8.17. The third kappa shape index (κ3) is 1.12. The van der Waals surface area contributed by atoms with Crippen molar-refractivity contribution in [2.24, 2.45) is 4.40 Å². The summed E-state index contributed by atoms with van der Waals surface area (Å²) in [6.07, 6.45) is 0. The zero-order valence-electron chi connectivity index (χ0n) is 6.16. The van der Waals surface area contributed by atoms with Gasteiger partial charge in [-0.3, -0.25) is 0 Å². The van der Waals surface area contributed by atoms with E-state index in [1.54, 1.807) is 0 Å². The molecular weight excluding hydrogens is 156 g/mol. The lowest BCUT2D eigenvalue weighted by Crippen LogP contribution is -2.03. The Morgan fingerprint density at radius 3 is 3.00 bits per heavy atom. The highest BCUT2D eigenvalue weighted by Crippen LogP contribution is 2.25. The molecule has 0 saturated carbocycles. The van der Waals surface area contributed by atoms with Crippen LogP contribution >= 0.6 is 12.1 Å². The van der Waals surface area contributed by atoms with Gasteiger partial charge >= 0.3 is 0 Å². The van der Waals surface area contributed by atoms with Crippen molar-refractivity contribution >= 4 is 23.5 Å². The van der Waals surface area contributed by atoms with Crippen LogP contribution in [-0.2, 0) is 0 Å². The summed E-state index contributed by atoms with van der Waals surface area (Å²) in [4.78, 5) is 0. The first-order valence-electron chi connectivity index (χ1n) is 3.44. The number of benzene rings is 1. The lowest BCUT2D eigenvalue weighted by atomic mass is 10.1. The van der Waals surface area contributed by atoms with Gasteiger partial charge < -0.3 is 4.72 Å². The number of fused-ring (bicyclic) bond motifs is 1. The van der Waals surface area contributed by atoms with Crippen molar-refractivity contribution in [2.75, 3.05) is 4.72 Å². The van der Waals surface area contributed by atoms with Gasteiger partial charge in [-0.15, -0.1) is 0 Å². The van der Waals surface area contributed by atoms with E-state index in [0.29, 0.717) is 0 Å². The number of nitrogens with zero attached hydrogens (tertiary/aromatic N) is 1. The van der Waals surface area contributed by atoms with Crippen molar-refractivity contribution in [3.8, 4) is 0 Å². The van der Waals surface area contributed by atoms with E-state index in [-0.39, 0.29) is 0 Å². The first-order chi connectivity index (χ1) is 5.38. The van der Waals surface area contributed by atoms with Gasteiger partial charge in [0.15, 0.2) is 0 Å². The Bertz CT molecular complexity index is 307. The Balaban J connectivity index is 2.56. The van der Waals surface area contributed by atoms with Crippen molar-refractivity contribution in [3.05, 3.63) is 29.8 Å². The summed E-state index contributed by atoms with van der Waals surface area (Å²) >= 11 is 1.38. The van der Waals surface area contributed by atoms with Gasteiger partial charge in [0.1, 0.15) is 0 Å². The smallest absolute Gasteiger partial charge is 0.0904 e. The summed E-state index contributed by atoms with van der Waals surface area (Å²) in [5.74, 6) is 0. The van der Waals surface area contributed by atoms with Crippen molar-refractivity contribution < 1.29 is 0 Å². The zero-order valence-corrected chi connectivity index (χ0v) is 6.98. The van der Waals surface area contributed by atoms with Gasteiger partial charge in [-0.1, -0.05) is 18.2 Å². The molecule has 0 atom stereocenters. The second-order valence-electron chi connectivity index (χ2n) is 2.42. The summed E-state index contributed by atoms with van der Waals surface area (Å²) in [5, 5.41) is 0. The number of hydrogen-bond donors (Lipinski definition) is 1. The maximum atomic E-state index is 4.19. The van der Waals surface area contributed by atoms with Gasteiger partial charge in [0.2, 0.25) is 0 Å². The van der Waals surface area contributed by atoms with Crippen molar-refractivity contribution in [2.45, 2.75) is 6.92 Å². The van der Waals surface area contributed by atoms with E-state index in [0.717, 1.165) is 11.4 Å². The Labute approximate surface area is 70.0 Å². The molecule has 1 aliphatic rings. The topological polar surface area (TPSA) is 24.4 Å². The van der Waals surface area contributed by atoms with E-state index in [9.17, 15) is 0 Å². The molecule has 0 aromatic heterocycles. The second kappa shape index (κ2) is 2.58. The highest BCUT2D eigenvalue weighted by molar-refractivity contribution is 7.99. The lowest BCUT2D eigenvalue weighted by Gasteiger charge is -2.13. The molecule has 0 spiro atoms. The summed E-state index contributed by atoms with van der Waals surface area (Å²) in [5.41, 5.74) is 3.44. The first-order valence-corrected chi connectivity index (χ1v) is 4.21. The minimum atomic E-state index is 1.09. The molecule has 0 bridgehead atoms. The van der Waals surface area contributed by atoms with E-state index < -0.39 is 0 Å². The van der Waals surface area contributed by atoms with Gasteiger partial charge in [0, 0.05) is 5.56 Å².